The van der Waals surface area contributed by atoms with Gasteiger partial charge in [-0.25, -0.2) is 0 Å². The monoisotopic (exact) mass is 243 g/mol. The summed E-state index contributed by atoms with van der Waals surface area (Å²) in [5, 5.41) is 2.65. The van der Waals surface area contributed by atoms with E-state index in [9.17, 15) is 9.59 Å². The van der Waals surface area contributed by atoms with Gasteiger partial charge in [0.05, 0.1) is 5.41 Å². The molecule has 0 radical (unpaired) electrons. The highest BCUT2D eigenvalue weighted by Gasteiger charge is 2.36. The largest absolute Gasteiger partial charge is 0.368 e. The number of primary amides is 1. The van der Waals surface area contributed by atoms with Gasteiger partial charge in [-0.15, -0.1) is 0 Å². The van der Waals surface area contributed by atoms with Crippen molar-refractivity contribution in [3.05, 3.63) is 0 Å². The summed E-state index contributed by atoms with van der Waals surface area (Å²) in [6, 6.07) is -0.651. The lowest BCUT2D eigenvalue weighted by atomic mass is 9.78. The smallest absolute Gasteiger partial charge is 0.239 e. The molecule has 0 aromatic rings. The maximum atomic E-state index is 12.2. The molecule has 0 aliphatic heterocycles. The topological polar surface area (TPSA) is 98.2 Å². The third-order valence-corrected chi connectivity index (χ3v) is 3.10. The van der Waals surface area contributed by atoms with E-state index in [1.54, 1.807) is 6.92 Å². The second-order valence-electron chi connectivity index (χ2n) is 4.58. The Balaban J connectivity index is 4.78. The van der Waals surface area contributed by atoms with Gasteiger partial charge in [0, 0.05) is 6.54 Å². The summed E-state index contributed by atoms with van der Waals surface area (Å²) in [6.07, 6.45) is 3.23. The number of nitrogens with two attached hydrogens (primary N) is 2. The van der Waals surface area contributed by atoms with Crippen LogP contribution in [0.4, 0.5) is 0 Å². The zero-order chi connectivity index (χ0) is 13.5. The summed E-state index contributed by atoms with van der Waals surface area (Å²) >= 11 is 0. The van der Waals surface area contributed by atoms with Gasteiger partial charge in [0.15, 0.2) is 0 Å². The second-order valence-corrected chi connectivity index (χ2v) is 4.58. The van der Waals surface area contributed by atoms with Crippen LogP contribution in [-0.4, -0.2) is 24.4 Å². The molecule has 0 saturated heterocycles. The molecule has 0 bridgehead atoms. The number of hydrogen-bond acceptors (Lipinski definition) is 3. The minimum Gasteiger partial charge on any atom is -0.368 e. The van der Waals surface area contributed by atoms with Gasteiger partial charge in [-0.2, -0.15) is 0 Å². The standard InChI is InChI=1S/C12H25N3O2/c1-4-6-12(8-13,7-5-2)11(17)15-9(3)10(14)16/h9H,4-8,13H2,1-3H3,(H2,14,16)(H,15,17). The van der Waals surface area contributed by atoms with Crippen LogP contribution in [0.25, 0.3) is 0 Å². The van der Waals surface area contributed by atoms with Crippen LogP contribution in [0.3, 0.4) is 0 Å². The highest BCUT2D eigenvalue weighted by Crippen LogP contribution is 2.29. The fraction of sp³-hybridized carbons (Fsp3) is 0.833. The van der Waals surface area contributed by atoms with Crippen molar-refractivity contribution in [3.8, 4) is 0 Å². The van der Waals surface area contributed by atoms with Crippen molar-refractivity contribution in [1.82, 2.24) is 5.32 Å². The third kappa shape index (κ3) is 4.34. The SMILES string of the molecule is CCCC(CN)(CCC)C(=O)NC(C)C(N)=O. The zero-order valence-corrected chi connectivity index (χ0v) is 11.1. The number of carbonyl (C=O) groups excluding carboxylic acids is 2. The maximum Gasteiger partial charge on any atom is 0.239 e. The molecule has 0 aliphatic rings. The average Bonchev–Trinajstić information content (AvgIpc) is 2.28. The van der Waals surface area contributed by atoms with Crippen molar-refractivity contribution >= 4 is 11.8 Å². The van der Waals surface area contributed by atoms with E-state index in [4.69, 9.17) is 11.5 Å². The number of amides is 2. The van der Waals surface area contributed by atoms with Gasteiger partial charge in [0.1, 0.15) is 6.04 Å². The quantitative estimate of drug-likeness (QED) is 0.579. The van der Waals surface area contributed by atoms with Crippen LogP contribution >= 0.6 is 0 Å². The molecule has 0 aromatic heterocycles. The van der Waals surface area contributed by atoms with Crippen molar-refractivity contribution in [2.45, 2.75) is 52.5 Å². The number of hydrogen-bond donors (Lipinski definition) is 3. The molecule has 1 unspecified atom stereocenters. The molecule has 17 heavy (non-hydrogen) atoms. The van der Waals surface area contributed by atoms with Gasteiger partial charge in [0.2, 0.25) is 11.8 Å². The first-order valence-electron chi connectivity index (χ1n) is 6.23. The molecule has 5 nitrogen and oxygen atoms in total. The molecule has 0 fully saturated rings. The van der Waals surface area contributed by atoms with Gasteiger partial charge in [-0.05, 0) is 19.8 Å². The van der Waals surface area contributed by atoms with Gasteiger partial charge in [-0.1, -0.05) is 26.7 Å². The first-order valence-corrected chi connectivity index (χ1v) is 6.23. The molecule has 0 spiro atoms. The Hall–Kier alpha value is -1.10. The van der Waals surface area contributed by atoms with E-state index in [0.29, 0.717) is 6.54 Å². The highest BCUT2D eigenvalue weighted by molar-refractivity contribution is 5.89. The first-order chi connectivity index (χ1) is 7.93. The summed E-state index contributed by atoms with van der Waals surface area (Å²) in [7, 11) is 0. The fourth-order valence-corrected chi connectivity index (χ4v) is 2.03. The van der Waals surface area contributed by atoms with Crippen LogP contribution in [0.15, 0.2) is 0 Å². The Morgan fingerprint density at radius 3 is 2.00 bits per heavy atom. The van der Waals surface area contributed by atoms with E-state index in [2.05, 4.69) is 5.32 Å². The van der Waals surface area contributed by atoms with Crippen molar-refractivity contribution in [1.29, 1.82) is 0 Å². The van der Waals surface area contributed by atoms with Crippen molar-refractivity contribution < 1.29 is 9.59 Å². The number of nitrogens with one attached hydrogen (secondary N) is 1. The van der Waals surface area contributed by atoms with Crippen molar-refractivity contribution in [3.63, 3.8) is 0 Å². The predicted molar refractivity (Wildman–Crippen MR) is 68.1 cm³/mol. The van der Waals surface area contributed by atoms with E-state index in [-0.39, 0.29) is 5.91 Å². The van der Waals surface area contributed by atoms with Crippen LogP contribution < -0.4 is 16.8 Å². The normalized spacial score (nSPS) is 13.2. The Labute approximate surface area is 103 Å². The van der Waals surface area contributed by atoms with Crippen LogP contribution in [0.2, 0.25) is 0 Å². The van der Waals surface area contributed by atoms with Gasteiger partial charge in [0.25, 0.3) is 0 Å². The summed E-state index contributed by atoms with van der Waals surface area (Å²) < 4.78 is 0. The van der Waals surface area contributed by atoms with Gasteiger partial charge >= 0.3 is 0 Å². The Morgan fingerprint density at radius 1 is 1.24 bits per heavy atom. The van der Waals surface area contributed by atoms with E-state index >= 15 is 0 Å². The van der Waals surface area contributed by atoms with Crippen molar-refractivity contribution in [2.75, 3.05) is 6.54 Å². The minimum atomic E-state index is -0.651. The Kier molecular flexibility index (Phi) is 6.80. The summed E-state index contributed by atoms with van der Waals surface area (Å²) in [4.78, 5) is 23.1. The lowest BCUT2D eigenvalue weighted by molar-refractivity contribution is -0.134. The molecule has 5 N–H and O–H groups in total. The molecule has 0 rings (SSSR count). The molecule has 5 heteroatoms. The summed E-state index contributed by atoms with van der Waals surface area (Å²) in [6.45, 7) is 5.92. The lowest BCUT2D eigenvalue weighted by Crippen LogP contribution is -2.51. The molecule has 1 atom stereocenters. The Bertz CT molecular complexity index is 260. The fourth-order valence-electron chi connectivity index (χ4n) is 2.03. The molecule has 2 amide bonds. The third-order valence-electron chi connectivity index (χ3n) is 3.10. The molecule has 0 aliphatic carbocycles. The van der Waals surface area contributed by atoms with E-state index in [0.717, 1.165) is 25.7 Å². The molecule has 0 heterocycles. The second kappa shape index (κ2) is 7.27. The summed E-state index contributed by atoms with van der Waals surface area (Å²) in [5.41, 5.74) is 10.3. The van der Waals surface area contributed by atoms with E-state index in [1.807, 2.05) is 13.8 Å². The van der Waals surface area contributed by atoms with E-state index < -0.39 is 17.4 Å². The predicted octanol–water partition coefficient (Wildman–Crippen LogP) is 0.522. The maximum absolute atomic E-state index is 12.2. The minimum absolute atomic E-state index is 0.157. The first kappa shape index (κ1) is 15.9. The Morgan fingerprint density at radius 2 is 1.71 bits per heavy atom. The molecule has 0 saturated carbocycles. The van der Waals surface area contributed by atoms with Gasteiger partial charge < -0.3 is 16.8 Å². The van der Waals surface area contributed by atoms with E-state index in [1.165, 1.54) is 0 Å². The summed E-state index contributed by atoms with van der Waals surface area (Å²) in [5.74, 6) is -0.688. The highest BCUT2D eigenvalue weighted by atomic mass is 16.2. The number of carbonyl (C=O) groups is 2. The lowest BCUT2D eigenvalue weighted by Gasteiger charge is -2.31. The van der Waals surface area contributed by atoms with Crippen LogP contribution in [0, 0.1) is 5.41 Å². The van der Waals surface area contributed by atoms with Crippen LogP contribution in [0.1, 0.15) is 46.5 Å². The van der Waals surface area contributed by atoms with Crippen molar-refractivity contribution in [2.24, 2.45) is 16.9 Å². The molecule has 0 aromatic carbocycles. The number of rotatable bonds is 8. The molecule has 100 valence electrons. The van der Waals surface area contributed by atoms with Crippen LogP contribution in [-0.2, 0) is 9.59 Å². The molecular formula is C12H25N3O2. The molecular weight excluding hydrogens is 218 g/mol. The van der Waals surface area contributed by atoms with Gasteiger partial charge in [-0.3, -0.25) is 9.59 Å². The zero-order valence-electron chi connectivity index (χ0n) is 11.1. The average molecular weight is 243 g/mol. The van der Waals surface area contributed by atoms with Crippen LogP contribution in [0.5, 0.6) is 0 Å².